The number of hydrogen-bond acceptors (Lipinski definition) is 4. The second-order valence-electron chi connectivity index (χ2n) is 4.48. The molecule has 5 nitrogen and oxygen atoms in total. The second kappa shape index (κ2) is 6.15. The van der Waals surface area contributed by atoms with Crippen molar-refractivity contribution in [3.8, 4) is 11.5 Å². The van der Waals surface area contributed by atoms with Crippen molar-refractivity contribution in [1.29, 1.82) is 0 Å². The summed E-state index contributed by atoms with van der Waals surface area (Å²) in [4.78, 5) is 0. The average Bonchev–Trinajstić information content (AvgIpc) is 2.78. The molecule has 0 saturated carbocycles. The molecule has 6 heteroatoms. The summed E-state index contributed by atoms with van der Waals surface area (Å²) in [6.45, 7) is 2.46. The quantitative estimate of drug-likeness (QED) is 0.921. The summed E-state index contributed by atoms with van der Waals surface area (Å²) in [5.41, 5.74) is 8.08. The molecule has 0 radical (unpaired) electrons. The third-order valence-electron chi connectivity index (χ3n) is 3.25. The minimum atomic E-state index is -0.204. The van der Waals surface area contributed by atoms with Gasteiger partial charge >= 0.3 is 0 Å². The zero-order valence-corrected chi connectivity index (χ0v) is 12.5. The highest BCUT2D eigenvalue weighted by Crippen LogP contribution is 2.30. The normalized spacial score (nSPS) is 12.2. The van der Waals surface area contributed by atoms with Crippen LogP contribution in [0.2, 0.25) is 5.02 Å². The molecule has 0 saturated heterocycles. The molecule has 108 valence electrons. The smallest absolute Gasteiger partial charge is 0.161 e. The minimum absolute atomic E-state index is 0.204. The van der Waals surface area contributed by atoms with Crippen LogP contribution in [0.1, 0.15) is 17.3 Å². The summed E-state index contributed by atoms with van der Waals surface area (Å²) in [7, 11) is 3.21. The van der Waals surface area contributed by atoms with Crippen molar-refractivity contribution >= 4 is 11.6 Å². The highest BCUT2D eigenvalue weighted by atomic mass is 35.5. The molecule has 1 unspecified atom stereocenters. The predicted molar refractivity (Wildman–Crippen MR) is 78.4 cm³/mol. The highest BCUT2D eigenvalue weighted by molar-refractivity contribution is 6.31. The molecule has 1 aromatic carbocycles. The first-order chi connectivity index (χ1) is 9.56. The van der Waals surface area contributed by atoms with Gasteiger partial charge in [0, 0.05) is 6.04 Å². The molecule has 20 heavy (non-hydrogen) atoms. The maximum atomic E-state index is 6.22. The number of methoxy groups -OCH3 is 2. The Balaban J connectivity index is 2.21. The van der Waals surface area contributed by atoms with Gasteiger partial charge in [0.25, 0.3) is 0 Å². The van der Waals surface area contributed by atoms with Gasteiger partial charge in [0.05, 0.1) is 37.7 Å². The van der Waals surface area contributed by atoms with Crippen LogP contribution >= 0.6 is 11.6 Å². The minimum Gasteiger partial charge on any atom is -0.493 e. The molecule has 0 spiro atoms. The lowest BCUT2D eigenvalue weighted by molar-refractivity contribution is 0.354. The summed E-state index contributed by atoms with van der Waals surface area (Å²) in [6.07, 6.45) is 1.62. The first-order valence-electron chi connectivity index (χ1n) is 6.22. The van der Waals surface area contributed by atoms with E-state index in [1.807, 2.05) is 25.1 Å². The predicted octanol–water partition coefficient (Wildman–Crippen LogP) is 2.56. The van der Waals surface area contributed by atoms with Crippen LogP contribution < -0.4 is 15.2 Å². The fraction of sp³-hybridized carbons (Fsp3) is 0.357. The van der Waals surface area contributed by atoms with Gasteiger partial charge in [-0.3, -0.25) is 4.68 Å². The van der Waals surface area contributed by atoms with E-state index in [0.29, 0.717) is 23.1 Å². The van der Waals surface area contributed by atoms with Crippen molar-refractivity contribution in [2.45, 2.75) is 19.5 Å². The molecule has 1 aromatic heterocycles. The van der Waals surface area contributed by atoms with E-state index in [9.17, 15) is 0 Å². The Kier molecular flexibility index (Phi) is 4.52. The number of aromatic nitrogens is 2. The van der Waals surface area contributed by atoms with Gasteiger partial charge < -0.3 is 15.2 Å². The molecule has 0 aliphatic carbocycles. The number of nitrogens with two attached hydrogens (primary N) is 1. The fourth-order valence-corrected chi connectivity index (χ4v) is 2.12. The van der Waals surface area contributed by atoms with Crippen LogP contribution in [0.3, 0.4) is 0 Å². The lowest BCUT2D eigenvalue weighted by atomic mass is 10.1. The maximum absolute atomic E-state index is 6.22. The molecule has 0 amide bonds. The van der Waals surface area contributed by atoms with E-state index in [1.165, 1.54) is 0 Å². The summed E-state index contributed by atoms with van der Waals surface area (Å²) < 4.78 is 12.3. The van der Waals surface area contributed by atoms with E-state index >= 15 is 0 Å². The average molecular weight is 296 g/mol. The Hall–Kier alpha value is -1.72. The van der Waals surface area contributed by atoms with Gasteiger partial charge in [-0.25, -0.2) is 0 Å². The second-order valence-corrected chi connectivity index (χ2v) is 4.89. The van der Waals surface area contributed by atoms with Crippen molar-refractivity contribution < 1.29 is 9.47 Å². The molecule has 0 aliphatic heterocycles. The van der Waals surface area contributed by atoms with Gasteiger partial charge in [0.1, 0.15) is 0 Å². The largest absolute Gasteiger partial charge is 0.493 e. The van der Waals surface area contributed by atoms with Gasteiger partial charge in [0.15, 0.2) is 11.5 Å². The standard InChI is InChI=1S/C14H18ClN3O2/c1-9-11(15)7-17-18(9)8-12(16)10-4-5-13(19-2)14(6-10)20-3/h4-7,12H,8,16H2,1-3H3. The number of nitrogens with zero attached hydrogens (tertiary/aromatic N) is 2. The molecular weight excluding hydrogens is 278 g/mol. The van der Waals surface area contributed by atoms with Crippen LogP contribution in [-0.4, -0.2) is 24.0 Å². The molecule has 0 aliphatic rings. The summed E-state index contributed by atoms with van der Waals surface area (Å²) >= 11 is 5.99. The Labute approximate surface area is 123 Å². The van der Waals surface area contributed by atoms with Gasteiger partial charge in [-0.1, -0.05) is 17.7 Å². The summed E-state index contributed by atoms with van der Waals surface area (Å²) in [6, 6.07) is 5.44. The van der Waals surface area contributed by atoms with Crippen molar-refractivity contribution in [1.82, 2.24) is 9.78 Å². The summed E-state index contributed by atoms with van der Waals surface area (Å²) in [5.74, 6) is 1.34. The van der Waals surface area contributed by atoms with Crippen LogP contribution in [0.5, 0.6) is 11.5 Å². The third kappa shape index (κ3) is 2.89. The lowest BCUT2D eigenvalue weighted by Gasteiger charge is -2.16. The Morgan fingerprint density at radius 3 is 2.55 bits per heavy atom. The summed E-state index contributed by atoms with van der Waals surface area (Å²) in [5, 5.41) is 4.85. The van der Waals surface area contributed by atoms with E-state index < -0.39 is 0 Å². The van der Waals surface area contributed by atoms with Crippen molar-refractivity contribution in [2.75, 3.05) is 14.2 Å². The Morgan fingerprint density at radius 2 is 2.00 bits per heavy atom. The topological polar surface area (TPSA) is 62.3 Å². The zero-order chi connectivity index (χ0) is 14.7. The number of benzene rings is 1. The lowest BCUT2D eigenvalue weighted by Crippen LogP contribution is -2.19. The van der Waals surface area contributed by atoms with E-state index in [4.69, 9.17) is 26.8 Å². The van der Waals surface area contributed by atoms with Crippen LogP contribution in [0, 0.1) is 6.92 Å². The Bertz CT molecular complexity index is 598. The molecule has 0 fully saturated rings. The van der Waals surface area contributed by atoms with Crippen LogP contribution in [0.25, 0.3) is 0 Å². The van der Waals surface area contributed by atoms with Crippen LogP contribution in [0.15, 0.2) is 24.4 Å². The molecule has 0 bridgehead atoms. The van der Waals surface area contributed by atoms with Crippen LogP contribution in [-0.2, 0) is 6.54 Å². The van der Waals surface area contributed by atoms with Crippen molar-refractivity contribution in [2.24, 2.45) is 5.73 Å². The molecule has 2 aromatic rings. The monoisotopic (exact) mass is 295 g/mol. The Morgan fingerprint density at radius 1 is 1.30 bits per heavy atom. The van der Waals surface area contributed by atoms with E-state index in [-0.39, 0.29) is 6.04 Å². The molecular formula is C14H18ClN3O2. The number of rotatable bonds is 5. The number of hydrogen-bond donors (Lipinski definition) is 1. The molecule has 2 N–H and O–H groups in total. The zero-order valence-electron chi connectivity index (χ0n) is 11.8. The van der Waals surface area contributed by atoms with E-state index in [1.54, 1.807) is 25.1 Å². The molecule has 1 heterocycles. The van der Waals surface area contributed by atoms with Gasteiger partial charge in [-0.05, 0) is 24.6 Å². The van der Waals surface area contributed by atoms with Gasteiger partial charge in [0.2, 0.25) is 0 Å². The van der Waals surface area contributed by atoms with Crippen molar-refractivity contribution in [3.05, 3.63) is 40.7 Å². The van der Waals surface area contributed by atoms with E-state index in [0.717, 1.165) is 11.3 Å². The van der Waals surface area contributed by atoms with Gasteiger partial charge in [-0.15, -0.1) is 0 Å². The fourth-order valence-electron chi connectivity index (χ4n) is 1.98. The number of halogens is 1. The van der Waals surface area contributed by atoms with E-state index in [2.05, 4.69) is 5.10 Å². The number of ether oxygens (including phenoxy) is 2. The highest BCUT2D eigenvalue weighted by Gasteiger charge is 2.13. The first-order valence-corrected chi connectivity index (χ1v) is 6.60. The van der Waals surface area contributed by atoms with Crippen molar-refractivity contribution in [3.63, 3.8) is 0 Å². The van der Waals surface area contributed by atoms with Gasteiger partial charge in [-0.2, -0.15) is 5.10 Å². The molecule has 2 rings (SSSR count). The first kappa shape index (κ1) is 14.7. The van der Waals surface area contributed by atoms with Crippen LogP contribution in [0.4, 0.5) is 0 Å². The molecule has 1 atom stereocenters. The maximum Gasteiger partial charge on any atom is 0.161 e. The SMILES string of the molecule is COc1ccc(C(N)Cn2ncc(Cl)c2C)cc1OC. The third-order valence-corrected chi connectivity index (χ3v) is 3.62.